The molecule has 1 aliphatic carbocycles. The lowest BCUT2D eigenvalue weighted by atomic mass is 10.2. The fourth-order valence-corrected chi connectivity index (χ4v) is 4.54. The predicted octanol–water partition coefficient (Wildman–Crippen LogP) is 1.31. The molecule has 2 heterocycles. The Morgan fingerprint density at radius 2 is 2.17 bits per heavy atom. The lowest BCUT2D eigenvalue weighted by Gasteiger charge is -2.25. The van der Waals surface area contributed by atoms with E-state index in [1.165, 1.54) is 23.4 Å². The molecule has 3 rings (SSSR count). The molecule has 18 heavy (non-hydrogen) atoms. The van der Waals surface area contributed by atoms with Gasteiger partial charge in [-0.15, -0.1) is 11.3 Å². The van der Waals surface area contributed by atoms with Crippen molar-refractivity contribution in [1.82, 2.24) is 10.3 Å². The molecule has 0 unspecified atom stereocenters. The minimum absolute atomic E-state index is 0.610. The monoisotopic (exact) mass is 285 g/mol. The van der Waals surface area contributed by atoms with Crippen molar-refractivity contribution in [2.24, 2.45) is 0 Å². The van der Waals surface area contributed by atoms with Gasteiger partial charge in [-0.05, 0) is 19.9 Å². The van der Waals surface area contributed by atoms with Gasteiger partial charge in [-0.1, -0.05) is 0 Å². The van der Waals surface area contributed by atoms with E-state index in [2.05, 4.69) is 10.2 Å². The summed E-state index contributed by atoms with van der Waals surface area (Å²) in [5.74, 6) is 2.29. The first-order valence-electron chi connectivity index (χ1n) is 6.52. The molecule has 0 aromatic carbocycles. The third-order valence-electron chi connectivity index (χ3n) is 3.47. The second-order valence-electron chi connectivity index (χ2n) is 4.94. The van der Waals surface area contributed by atoms with E-state index >= 15 is 0 Å². The molecule has 1 N–H and O–H groups in total. The second-order valence-corrected chi connectivity index (χ2v) is 7.70. The molecule has 0 atom stereocenters. The number of rotatable bonds is 4. The Bertz CT molecular complexity index is 446. The topological polar surface area (TPSA) is 45.2 Å². The summed E-state index contributed by atoms with van der Waals surface area (Å²) in [6.07, 6.45) is 2.59. The zero-order valence-corrected chi connectivity index (χ0v) is 12.3. The van der Waals surface area contributed by atoms with Crippen molar-refractivity contribution in [2.75, 3.05) is 36.5 Å². The number of thiazole rings is 1. The molecule has 1 aromatic heterocycles. The average Bonchev–Trinajstić information content (AvgIpc) is 3.13. The Labute approximate surface area is 114 Å². The number of anilines is 1. The van der Waals surface area contributed by atoms with Crippen LogP contribution < -0.4 is 10.2 Å². The molecule has 1 aromatic rings. The first-order chi connectivity index (χ1) is 8.78. The molecule has 6 heteroatoms. The number of aromatic nitrogens is 1. The highest BCUT2D eigenvalue weighted by molar-refractivity contribution is 7.85. The van der Waals surface area contributed by atoms with E-state index < -0.39 is 10.8 Å². The minimum atomic E-state index is -0.610. The zero-order valence-electron chi connectivity index (χ0n) is 10.6. The summed E-state index contributed by atoms with van der Waals surface area (Å²) in [6.45, 7) is 2.70. The molecule has 1 saturated heterocycles. The predicted molar refractivity (Wildman–Crippen MR) is 76.9 cm³/mol. The number of nitrogens with zero attached hydrogens (tertiary/aromatic N) is 2. The molecule has 100 valence electrons. The maximum atomic E-state index is 11.4. The molecule has 0 bridgehead atoms. The summed E-state index contributed by atoms with van der Waals surface area (Å²) in [5, 5.41) is 4.37. The van der Waals surface area contributed by atoms with Crippen molar-refractivity contribution < 1.29 is 4.21 Å². The van der Waals surface area contributed by atoms with Gasteiger partial charge in [0.25, 0.3) is 0 Å². The molecule has 0 spiro atoms. The van der Waals surface area contributed by atoms with Gasteiger partial charge in [0.2, 0.25) is 0 Å². The van der Waals surface area contributed by atoms with Gasteiger partial charge in [0, 0.05) is 52.7 Å². The molecule has 2 aliphatic rings. The van der Waals surface area contributed by atoms with Gasteiger partial charge in [-0.2, -0.15) is 0 Å². The van der Waals surface area contributed by atoms with Gasteiger partial charge in [0.1, 0.15) is 0 Å². The van der Waals surface area contributed by atoms with Crippen molar-refractivity contribution in [2.45, 2.75) is 25.3 Å². The molecule has 2 fully saturated rings. The molecule has 1 saturated carbocycles. The fraction of sp³-hybridized carbons (Fsp3) is 0.750. The van der Waals surface area contributed by atoms with Gasteiger partial charge >= 0.3 is 0 Å². The molecular weight excluding hydrogens is 266 g/mol. The van der Waals surface area contributed by atoms with Crippen LogP contribution in [0, 0.1) is 0 Å². The Hall–Kier alpha value is -0.460. The quantitative estimate of drug-likeness (QED) is 0.906. The van der Waals surface area contributed by atoms with Crippen LogP contribution in [0.1, 0.15) is 29.3 Å². The van der Waals surface area contributed by atoms with Crippen LogP contribution in [0.25, 0.3) is 0 Å². The lowest BCUT2D eigenvalue weighted by molar-refractivity contribution is 0.673. The second kappa shape index (κ2) is 5.27. The third kappa shape index (κ3) is 2.60. The van der Waals surface area contributed by atoms with E-state index in [0.717, 1.165) is 36.3 Å². The minimum Gasteiger partial charge on any atom is -0.346 e. The van der Waals surface area contributed by atoms with E-state index in [4.69, 9.17) is 4.98 Å². The smallest absolute Gasteiger partial charge is 0.185 e. The first-order valence-corrected chi connectivity index (χ1v) is 8.82. The van der Waals surface area contributed by atoms with E-state index in [1.807, 2.05) is 18.4 Å². The largest absolute Gasteiger partial charge is 0.346 e. The van der Waals surface area contributed by atoms with Gasteiger partial charge in [0.15, 0.2) is 5.13 Å². The van der Waals surface area contributed by atoms with Crippen molar-refractivity contribution in [3.05, 3.63) is 10.6 Å². The van der Waals surface area contributed by atoms with E-state index in [9.17, 15) is 4.21 Å². The number of hydrogen-bond acceptors (Lipinski definition) is 5. The summed E-state index contributed by atoms with van der Waals surface area (Å²) >= 11 is 1.81. The van der Waals surface area contributed by atoms with Gasteiger partial charge in [-0.25, -0.2) is 4.98 Å². The molecular formula is C12H19N3OS2. The van der Waals surface area contributed by atoms with Gasteiger partial charge in [0.05, 0.1) is 5.69 Å². The summed E-state index contributed by atoms with van der Waals surface area (Å²) in [4.78, 5) is 8.54. The van der Waals surface area contributed by atoms with Crippen LogP contribution in [-0.2, 0) is 17.3 Å². The van der Waals surface area contributed by atoms with Crippen LogP contribution in [0.2, 0.25) is 0 Å². The SMILES string of the molecule is CNCc1sc(N2CCS(=O)CC2)nc1C1CC1. The fourth-order valence-electron chi connectivity index (χ4n) is 2.28. The van der Waals surface area contributed by atoms with Gasteiger partial charge < -0.3 is 10.2 Å². The summed E-state index contributed by atoms with van der Waals surface area (Å²) in [6, 6.07) is 0. The van der Waals surface area contributed by atoms with E-state index in [0.29, 0.717) is 5.92 Å². The summed E-state index contributed by atoms with van der Waals surface area (Å²) in [7, 11) is 1.38. The summed E-state index contributed by atoms with van der Waals surface area (Å²) in [5.41, 5.74) is 1.32. The van der Waals surface area contributed by atoms with Crippen molar-refractivity contribution >= 4 is 27.3 Å². The third-order valence-corrected chi connectivity index (χ3v) is 5.87. The maximum Gasteiger partial charge on any atom is 0.185 e. The first kappa shape index (κ1) is 12.6. The Morgan fingerprint density at radius 1 is 1.44 bits per heavy atom. The lowest BCUT2D eigenvalue weighted by Crippen LogP contribution is -2.37. The van der Waals surface area contributed by atoms with Crippen molar-refractivity contribution in [3.63, 3.8) is 0 Å². The Morgan fingerprint density at radius 3 is 2.78 bits per heavy atom. The molecule has 0 radical (unpaired) electrons. The van der Waals surface area contributed by atoms with Crippen molar-refractivity contribution in [3.8, 4) is 0 Å². The Kier molecular flexibility index (Phi) is 3.68. The van der Waals surface area contributed by atoms with Crippen LogP contribution in [0.4, 0.5) is 5.13 Å². The Balaban J connectivity index is 1.79. The summed E-state index contributed by atoms with van der Waals surface area (Å²) < 4.78 is 11.4. The molecule has 4 nitrogen and oxygen atoms in total. The highest BCUT2D eigenvalue weighted by atomic mass is 32.2. The van der Waals surface area contributed by atoms with Crippen LogP contribution in [-0.4, -0.2) is 40.8 Å². The highest BCUT2D eigenvalue weighted by Crippen LogP contribution is 2.44. The molecule has 1 aliphatic heterocycles. The average molecular weight is 285 g/mol. The highest BCUT2D eigenvalue weighted by Gasteiger charge is 2.30. The van der Waals surface area contributed by atoms with Crippen molar-refractivity contribution in [1.29, 1.82) is 0 Å². The van der Waals surface area contributed by atoms with Crippen LogP contribution in [0.5, 0.6) is 0 Å². The van der Waals surface area contributed by atoms with Crippen LogP contribution in [0.15, 0.2) is 0 Å². The molecule has 0 amide bonds. The maximum absolute atomic E-state index is 11.4. The van der Waals surface area contributed by atoms with Gasteiger partial charge in [-0.3, -0.25) is 4.21 Å². The standard InChI is InChI=1S/C12H19N3OS2/c1-13-8-10-11(9-2-3-9)14-12(17-10)15-4-6-18(16)7-5-15/h9,13H,2-8H2,1H3. The van der Waals surface area contributed by atoms with Crippen LogP contribution >= 0.6 is 11.3 Å². The number of nitrogens with one attached hydrogen (secondary N) is 1. The van der Waals surface area contributed by atoms with Crippen LogP contribution in [0.3, 0.4) is 0 Å². The normalized spacial score (nSPS) is 21.5. The zero-order chi connectivity index (χ0) is 12.5. The van der Waals surface area contributed by atoms with E-state index in [1.54, 1.807) is 0 Å². The number of hydrogen-bond donors (Lipinski definition) is 1. The van der Waals surface area contributed by atoms with E-state index in [-0.39, 0.29) is 0 Å².